The lowest BCUT2D eigenvalue weighted by atomic mass is 10.1. The number of hydrogen-bond acceptors (Lipinski definition) is 8. The summed E-state index contributed by atoms with van der Waals surface area (Å²) in [6.07, 6.45) is 1.46. The summed E-state index contributed by atoms with van der Waals surface area (Å²) in [7, 11) is 8.99. The molecule has 0 bridgehead atoms. The lowest BCUT2D eigenvalue weighted by Gasteiger charge is -2.13. The molecule has 9 nitrogen and oxygen atoms in total. The van der Waals surface area contributed by atoms with Gasteiger partial charge in [0.05, 0.1) is 48.9 Å². The van der Waals surface area contributed by atoms with E-state index in [2.05, 4.69) is 10.5 Å². The van der Waals surface area contributed by atoms with Crippen molar-refractivity contribution in [2.45, 2.75) is 0 Å². The van der Waals surface area contributed by atoms with Gasteiger partial charge in [-0.2, -0.15) is 5.10 Å². The second-order valence-corrected chi connectivity index (χ2v) is 5.57. The quantitative estimate of drug-likeness (QED) is 0.507. The number of nitrogens with zero attached hydrogens (tertiary/aromatic N) is 1. The summed E-state index contributed by atoms with van der Waals surface area (Å²) < 4.78 is 31.6. The fraction of sp³-hybridized carbons (Fsp3) is 0.300. The Balaban J connectivity index is 2.24. The summed E-state index contributed by atoms with van der Waals surface area (Å²) in [6, 6.07) is 6.48. The second-order valence-electron chi connectivity index (χ2n) is 5.57. The Bertz CT molecular complexity index is 846. The van der Waals surface area contributed by atoms with Crippen LogP contribution < -0.4 is 33.8 Å². The van der Waals surface area contributed by atoms with Crippen molar-refractivity contribution in [1.29, 1.82) is 0 Å². The van der Waals surface area contributed by atoms with Crippen LogP contribution in [0.25, 0.3) is 0 Å². The van der Waals surface area contributed by atoms with Gasteiger partial charge in [-0.05, 0) is 24.3 Å². The van der Waals surface area contributed by atoms with Gasteiger partial charge in [-0.1, -0.05) is 0 Å². The molecule has 0 aliphatic heterocycles. The van der Waals surface area contributed by atoms with E-state index in [4.69, 9.17) is 28.4 Å². The third kappa shape index (κ3) is 4.81. The molecule has 0 aromatic heterocycles. The molecular formula is C20H24N2O7. The van der Waals surface area contributed by atoms with Crippen molar-refractivity contribution < 1.29 is 33.2 Å². The molecule has 9 heteroatoms. The summed E-state index contributed by atoms with van der Waals surface area (Å²) in [4.78, 5) is 12.5. The van der Waals surface area contributed by atoms with Crippen molar-refractivity contribution in [3.8, 4) is 34.5 Å². The van der Waals surface area contributed by atoms with E-state index in [1.165, 1.54) is 61.0 Å². The van der Waals surface area contributed by atoms with Gasteiger partial charge in [0.2, 0.25) is 11.5 Å². The smallest absolute Gasteiger partial charge is 0.271 e. The monoisotopic (exact) mass is 404 g/mol. The molecule has 0 unspecified atom stereocenters. The Kier molecular flexibility index (Phi) is 7.53. The molecule has 2 aromatic carbocycles. The van der Waals surface area contributed by atoms with E-state index in [1.807, 2.05) is 0 Å². The number of amides is 1. The second kappa shape index (κ2) is 10.1. The Morgan fingerprint density at radius 2 is 1.14 bits per heavy atom. The van der Waals surface area contributed by atoms with E-state index < -0.39 is 5.91 Å². The molecule has 156 valence electrons. The molecule has 0 radical (unpaired) electrons. The van der Waals surface area contributed by atoms with Crippen LogP contribution in [0.4, 0.5) is 0 Å². The van der Waals surface area contributed by atoms with Crippen LogP contribution in [0.1, 0.15) is 15.9 Å². The Hall–Kier alpha value is -3.62. The average Bonchev–Trinajstić information content (AvgIpc) is 2.76. The predicted molar refractivity (Wildman–Crippen MR) is 107 cm³/mol. The van der Waals surface area contributed by atoms with E-state index in [1.54, 1.807) is 12.1 Å². The van der Waals surface area contributed by atoms with Gasteiger partial charge >= 0.3 is 0 Å². The highest BCUT2D eigenvalue weighted by molar-refractivity contribution is 5.96. The van der Waals surface area contributed by atoms with E-state index in [-0.39, 0.29) is 0 Å². The van der Waals surface area contributed by atoms with Gasteiger partial charge < -0.3 is 28.4 Å². The Morgan fingerprint density at radius 1 is 0.724 bits per heavy atom. The van der Waals surface area contributed by atoms with Gasteiger partial charge in [0, 0.05) is 11.1 Å². The van der Waals surface area contributed by atoms with Crippen molar-refractivity contribution in [1.82, 2.24) is 5.43 Å². The maximum atomic E-state index is 12.5. The average molecular weight is 404 g/mol. The molecule has 0 saturated heterocycles. The predicted octanol–water partition coefficient (Wildman–Crippen LogP) is 2.50. The van der Waals surface area contributed by atoms with Gasteiger partial charge in [0.25, 0.3) is 5.91 Å². The topological polar surface area (TPSA) is 96.8 Å². The zero-order valence-electron chi connectivity index (χ0n) is 17.2. The summed E-state index contributed by atoms with van der Waals surface area (Å²) in [5.41, 5.74) is 3.39. The summed E-state index contributed by atoms with van der Waals surface area (Å²) in [5.74, 6) is 2.10. The van der Waals surface area contributed by atoms with Crippen LogP contribution in [-0.2, 0) is 0 Å². The van der Waals surface area contributed by atoms with E-state index in [0.29, 0.717) is 45.6 Å². The summed E-state index contributed by atoms with van der Waals surface area (Å²) in [5, 5.41) is 3.99. The minimum Gasteiger partial charge on any atom is -0.493 e. The highest BCUT2D eigenvalue weighted by Gasteiger charge is 2.17. The molecular weight excluding hydrogens is 380 g/mol. The number of hydrazone groups is 1. The number of ether oxygens (including phenoxy) is 6. The van der Waals surface area contributed by atoms with Gasteiger partial charge in [0.1, 0.15) is 0 Å². The first-order valence-corrected chi connectivity index (χ1v) is 8.46. The van der Waals surface area contributed by atoms with Crippen LogP contribution in [0, 0.1) is 0 Å². The van der Waals surface area contributed by atoms with Gasteiger partial charge in [0.15, 0.2) is 23.0 Å². The minimum absolute atomic E-state index is 0.293. The molecule has 0 aliphatic rings. The fourth-order valence-corrected chi connectivity index (χ4v) is 2.62. The molecule has 0 aliphatic carbocycles. The van der Waals surface area contributed by atoms with Crippen LogP contribution in [0.5, 0.6) is 34.5 Å². The Morgan fingerprint density at radius 3 is 1.52 bits per heavy atom. The number of hydrogen-bond donors (Lipinski definition) is 1. The third-order valence-electron chi connectivity index (χ3n) is 3.99. The number of nitrogens with one attached hydrogen (secondary N) is 1. The standard InChI is InChI=1S/C20H24N2O7/c1-24-14-7-12(8-15(25-2)18(14)28-5)11-21-22-20(23)13-9-16(26-3)19(29-6)17(10-13)27-4/h7-11H,1-6H3,(H,22,23)/b21-11+. The Labute approximate surface area is 169 Å². The summed E-state index contributed by atoms with van der Waals surface area (Å²) >= 11 is 0. The number of carbonyl (C=O) groups is 1. The molecule has 0 saturated carbocycles. The molecule has 0 fully saturated rings. The van der Waals surface area contributed by atoms with E-state index in [9.17, 15) is 4.79 Å². The number of carbonyl (C=O) groups excluding carboxylic acids is 1. The number of rotatable bonds is 9. The first kappa shape index (κ1) is 21.7. The van der Waals surface area contributed by atoms with Crippen LogP contribution in [0.2, 0.25) is 0 Å². The van der Waals surface area contributed by atoms with Crippen LogP contribution in [-0.4, -0.2) is 54.8 Å². The fourth-order valence-electron chi connectivity index (χ4n) is 2.62. The highest BCUT2D eigenvalue weighted by atomic mass is 16.5. The largest absolute Gasteiger partial charge is 0.493 e. The number of methoxy groups -OCH3 is 6. The van der Waals surface area contributed by atoms with Gasteiger partial charge in [-0.15, -0.1) is 0 Å². The van der Waals surface area contributed by atoms with Crippen molar-refractivity contribution in [2.24, 2.45) is 5.10 Å². The molecule has 0 heterocycles. The van der Waals surface area contributed by atoms with Gasteiger partial charge in [-0.3, -0.25) is 4.79 Å². The lowest BCUT2D eigenvalue weighted by Crippen LogP contribution is -2.18. The maximum absolute atomic E-state index is 12.5. The van der Waals surface area contributed by atoms with Crippen molar-refractivity contribution in [3.05, 3.63) is 35.4 Å². The summed E-state index contributed by atoms with van der Waals surface area (Å²) in [6.45, 7) is 0. The van der Waals surface area contributed by atoms with Crippen molar-refractivity contribution in [2.75, 3.05) is 42.7 Å². The molecule has 2 aromatic rings. The van der Waals surface area contributed by atoms with E-state index >= 15 is 0 Å². The van der Waals surface area contributed by atoms with Crippen molar-refractivity contribution >= 4 is 12.1 Å². The van der Waals surface area contributed by atoms with Crippen LogP contribution in [0.3, 0.4) is 0 Å². The maximum Gasteiger partial charge on any atom is 0.271 e. The first-order chi connectivity index (χ1) is 14.0. The molecule has 0 spiro atoms. The SMILES string of the molecule is COc1cc(/C=N/NC(=O)c2cc(OC)c(OC)c(OC)c2)cc(OC)c1OC. The molecule has 2 rings (SSSR count). The van der Waals surface area contributed by atoms with Gasteiger partial charge in [-0.25, -0.2) is 5.43 Å². The zero-order valence-corrected chi connectivity index (χ0v) is 17.2. The number of benzene rings is 2. The highest BCUT2D eigenvalue weighted by Crippen LogP contribution is 2.39. The molecule has 29 heavy (non-hydrogen) atoms. The molecule has 1 amide bonds. The third-order valence-corrected chi connectivity index (χ3v) is 3.99. The normalized spacial score (nSPS) is 10.4. The van der Waals surface area contributed by atoms with E-state index in [0.717, 1.165) is 0 Å². The van der Waals surface area contributed by atoms with Crippen molar-refractivity contribution in [3.63, 3.8) is 0 Å². The molecule has 0 atom stereocenters. The lowest BCUT2D eigenvalue weighted by molar-refractivity contribution is 0.0954. The zero-order chi connectivity index (χ0) is 21.4. The van der Waals surface area contributed by atoms with Crippen LogP contribution >= 0.6 is 0 Å². The van der Waals surface area contributed by atoms with Crippen LogP contribution in [0.15, 0.2) is 29.4 Å². The minimum atomic E-state index is -0.451. The molecule has 1 N–H and O–H groups in total. The first-order valence-electron chi connectivity index (χ1n) is 8.46.